The molecule has 4 heterocycles. The molecule has 1 aromatic carbocycles. The second kappa shape index (κ2) is 8.38. The largest absolute Gasteiger partial charge is 0.368 e. The van der Waals surface area contributed by atoms with E-state index in [0.717, 1.165) is 68.9 Å². The molecular formula is C22H27ClN4O2. The third kappa shape index (κ3) is 3.77. The van der Waals surface area contributed by atoms with Gasteiger partial charge in [0.2, 0.25) is 5.91 Å². The molecule has 1 N–H and O–H groups in total. The van der Waals surface area contributed by atoms with E-state index in [4.69, 9.17) is 9.72 Å². The van der Waals surface area contributed by atoms with E-state index in [9.17, 15) is 4.79 Å². The van der Waals surface area contributed by atoms with Gasteiger partial charge in [-0.2, -0.15) is 0 Å². The molecule has 7 heteroatoms. The molecule has 5 rings (SSSR count). The molecule has 2 fully saturated rings. The molecule has 2 saturated heterocycles. The van der Waals surface area contributed by atoms with Gasteiger partial charge in [-0.3, -0.25) is 4.79 Å². The maximum atomic E-state index is 12.8. The number of amides is 1. The van der Waals surface area contributed by atoms with E-state index in [1.165, 1.54) is 5.56 Å². The predicted octanol–water partition coefficient (Wildman–Crippen LogP) is 2.57. The van der Waals surface area contributed by atoms with Crippen LogP contribution in [0, 0.1) is 5.92 Å². The van der Waals surface area contributed by atoms with Crippen LogP contribution in [0.2, 0.25) is 0 Å². The Labute approximate surface area is 177 Å². The van der Waals surface area contributed by atoms with Crippen molar-refractivity contribution in [1.29, 1.82) is 0 Å². The summed E-state index contributed by atoms with van der Waals surface area (Å²) in [6, 6.07) is 10.1. The number of rotatable bonds is 2. The summed E-state index contributed by atoms with van der Waals surface area (Å²) in [5.41, 5.74) is 2.85. The third-order valence-corrected chi connectivity index (χ3v) is 6.37. The highest BCUT2D eigenvalue weighted by Crippen LogP contribution is 2.41. The minimum Gasteiger partial charge on any atom is -0.368 e. The zero-order valence-electron chi connectivity index (χ0n) is 16.5. The maximum absolute atomic E-state index is 12.8. The van der Waals surface area contributed by atoms with E-state index in [-0.39, 0.29) is 23.9 Å². The molecule has 29 heavy (non-hydrogen) atoms. The maximum Gasteiger partial charge on any atom is 0.227 e. The van der Waals surface area contributed by atoms with E-state index in [2.05, 4.69) is 10.3 Å². The van der Waals surface area contributed by atoms with E-state index in [1.54, 1.807) is 0 Å². The highest BCUT2D eigenvalue weighted by Gasteiger charge is 2.44. The number of aromatic nitrogens is 2. The Hall–Kier alpha value is -2.02. The Morgan fingerprint density at radius 2 is 2.00 bits per heavy atom. The van der Waals surface area contributed by atoms with Crippen LogP contribution in [-0.4, -0.2) is 53.6 Å². The highest BCUT2D eigenvalue weighted by molar-refractivity contribution is 5.85. The first kappa shape index (κ1) is 20.3. The molecule has 0 unspecified atom stereocenters. The SMILES string of the molecule is Cl.O=C([C@@H]1CCNC1)N1CCC2(CC1)OCCc1cnc(-c3ccccc3)nc12. The van der Waals surface area contributed by atoms with Crippen molar-refractivity contribution < 1.29 is 9.53 Å². The Bertz CT molecular complexity index is 862. The number of benzene rings is 1. The molecule has 1 spiro atoms. The lowest BCUT2D eigenvalue weighted by Crippen LogP contribution is -2.50. The fourth-order valence-electron chi connectivity index (χ4n) is 4.73. The van der Waals surface area contributed by atoms with Crippen LogP contribution in [0.25, 0.3) is 11.4 Å². The van der Waals surface area contributed by atoms with Crippen molar-refractivity contribution in [3.8, 4) is 11.4 Å². The Morgan fingerprint density at radius 3 is 2.72 bits per heavy atom. The van der Waals surface area contributed by atoms with Gasteiger partial charge in [-0.15, -0.1) is 12.4 Å². The number of piperidine rings is 1. The van der Waals surface area contributed by atoms with Gasteiger partial charge in [-0.25, -0.2) is 9.97 Å². The van der Waals surface area contributed by atoms with Gasteiger partial charge in [0.05, 0.1) is 18.2 Å². The van der Waals surface area contributed by atoms with E-state index < -0.39 is 0 Å². The third-order valence-electron chi connectivity index (χ3n) is 6.37. The monoisotopic (exact) mass is 414 g/mol. The fourth-order valence-corrected chi connectivity index (χ4v) is 4.73. The Morgan fingerprint density at radius 1 is 1.21 bits per heavy atom. The zero-order valence-corrected chi connectivity index (χ0v) is 17.3. The lowest BCUT2D eigenvalue weighted by molar-refractivity contribution is -0.144. The number of hydrogen-bond acceptors (Lipinski definition) is 5. The summed E-state index contributed by atoms with van der Waals surface area (Å²) in [7, 11) is 0. The number of nitrogens with zero attached hydrogens (tertiary/aromatic N) is 3. The molecule has 6 nitrogen and oxygen atoms in total. The molecular weight excluding hydrogens is 388 g/mol. The van der Waals surface area contributed by atoms with Crippen LogP contribution in [-0.2, 0) is 21.6 Å². The molecule has 154 valence electrons. The Balaban J connectivity index is 0.00000205. The summed E-state index contributed by atoms with van der Waals surface area (Å²) < 4.78 is 6.34. The second-order valence-corrected chi connectivity index (χ2v) is 8.04. The van der Waals surface area contributed by atoms with Crippen LogP contribution in [0.15, 0.2) is 36.5 Å². The molecule has 1 amide bonds. The number of likely N-dealkylation sites (tertiary alicyclic amines) is 1. The van der Waals surface area contributed by atoms with Gasteiger partial charge in [-0.05, 0) is 37.8 Å². The standard InChI is InChI=1S/C22H26N4O2.ClH/c27-21(18-6-10-23-14-18)26-11-8-22(9-12-26)19-17(7-13-28-22)15-24-20(25-19)16-4-2-1-3-5-16;/h1-5,15,18,23H,6-14H2;1H/t18-;/m1./s1. The first-order chi connectivity index (χ1) is 13.8. The molecule has 1 aromatic heterocycles. The number of halogens is 1. The van der Waals surface area contributed by atoms with Crippen molar-refractivity contribution in [2.75, 3.05) is 32.8 Å². The lowest BCUT2D eigenvalue weighted by Gasteiger charge is -2.44. The number of ether oxygens (including phenoxy) is 1. The van der Waals surface area contributed by atoms with Crippen molar-refractivity contribution in [2.24, 2.45) is 5.92 Å². The smallest absolute Gasteiger partial charge is 0.227 e. The summed E-state index contributed by atoms with van der Waals surface area (Å²) in [6.07, 6.45) is 5.38. The molecule has 2 aromatic rings. The number of fused-ring (bicyclic) bond motifs is 2. The van der Waals surface area contributed by atoms with Crippen molar-refractivity contribution in [1.82, 2.24) is 20.2 Å². The molecule has 0 bridgehead atoms. The normalized spacial score (nSPS) is 22.8. The van der Waals surface area contributed by atoms with Gasteiger partial charge in [-0.1, -0.05) is 30.3 Å². The summed E-state index contributed by atoms with van der Waals surface area (Å²) in [6.45, 7) is 3.93. The summed E-state index contributed by atoms with van der Waals surface area (Å²) in [5.74, 6) is 1.18. The molecule has 0 radical (unpaired) electrons. The van der Waals surface area contributed by atoms with Gasteiger partial charge < -0.3 is 15.0 Å². The topological polar surface area (TPSA) is 67.4 Å². The van der Waals surface area contributed by atoms with E-state index >= 15 is 0 Å². The summed E-state index contributed by atoms with van der Waals surface area (Å²) >= 11 is 0. The minimum atomic E-state index is -0.384. The average Bonchev–Trinajstić information content (AvgIpc) is 3.30. The molecule has 3 aliphatic heterocycles. The quantitative estimate of drug-likeness (QED) is 0.818. The average molecular weight is 415 g/mol. The van der Waals surface area contributed by atoms with Crippen LogP contribution in [0.5, 0.6) is 0 Å². The van der Waals surface area contributed by atoms with Crippen LogP contribution in [0.1, 0.15) is 30.5 Å². The molecule has 0 aliphatic carbocycles. The van der Waals surface area contributed by atoms with Gasteiger partial charge in [0.25, 0.3) is 0 Å². The summed E-state index contributed by atoms with van der Waals surface area (Å²) in [5, 5.41) is 3.29. The molecule has 0 saturated carbocycles. The lowest BCUT2D eigenvalue weighted by atomic mass is 9.83. The Kier molecular flexibility index (Phi) is 5.86. The fraction of sp³-hybridized carbons (Fsp3) is 0.500. The van der Waals surface area contributed by atoms with E-state index in [1.807, 2.05) is 41.4 Å². The first-order valence-electron chi connectivity index (χ1n) is 10.3. The van der Waals surface area contributed by atoms with Crippen molar-refractivity contribution in [3.63, 3.8) is 0 Å². The van der Waals surface area contributed by atoms with Gasteiger partial charge >= 0.3 is 0 Å². The number of carbonyl (C=O) groups is 1. The van der Waals surface area contributed by atoms with Crippen molar-refractivity contribution in [3.05, 3.63) is 47.8 Å². The molecule has 1 atom stereocenters. The van der Waals surface area contributed by atoms with Crippen LogP contribution in [0.4, 0.5) is 0 Å². The van der Waals surface area contributed by atoms with E-state index in [0.29, 0.717) is 12.5 Å². The zero-order chi connectivity index (χ0) is 19.0. The van der Waals surface area contributed by atoms with Crippen molar-refractivity contribution in [2.45, 2.75) is 31.3 Å². The van der Waals surface area contributed by atoms with Crippen LogP contribution >= 0.6 is 12.4 Å². The number of nitrogens with one attached hydrogen (secondary N) is 1. The second-order valence-electron chi connectivity index (χ2n) is 8.04. The van der Waals surface area contributed by atoms with Gasteiger partial charge in [0.15, 0.2) is 5.82 Å². The highest BCUT2D eigenvalue weighted by atomic mass is 35.5. The van der Waals surface area contributed by atoms with Crippen LogP contribution in [0.3, 0.4) is 0 Å². The molecule has 3 aliphatic rings. The summed E-state index contributed by atoms with van der Waals surface area (Å²) in [4.78, 5) is 24.4. The van der Waals surface area contributed by atoms with Crippen molar-refractivity contribution >= 4 is 18.3 Å². The predicted molar refractivity (Wildman–Crippen MR) is 113 cm³/mol. The van der Waals surface area contributed by atoms with Gasteiger partial charge in [0.1, 0.15) is 5.60 Å². The first-order valence-corrected chi connectivity index (χ1v) is 10.3. The number of hydrogen-bond donors (Lipinski definition) is 1. The van der Waals surface area contributed by atoms with Crippen LogP contribution < -0.4 is 5.32 Å². The minimum absolute atomic E-state index is 0. The van der Waals surface area contributed by atoms with Gasteiger partial charge in [0, 0.05) is 31.4 Å². The number of carbonyl (C=O) groups excluding carboxylic acids is 1.